The van der Waals surface area contributed by atoms with Crippen molar-refractivity contribution in [3.8, 4) is 0 Å². The number of carbonyl (C=O) groups is 2. The van der Waals surface area contributed by atoms with Crippen LogP contribution in [0.4, 0.5) is 5.69 Å². The third-order valence-electron chi connectivity index (χ3n) is 5.27. The average molecular weight is 438 g/mol. The molecular formula is C23H27N5O2S. The summed E-state index contributed by atoms with van der Waals surface area (Å²) >= 11 is 1.10. The van der Waals surface area contributed by atoms with Gasteiger partial charge in [0.2, 0.25) is 5.91 Å². The molecule has 1 unspecified atom stereocenters. The van der Waals surface area contributed by atoms with E-state index in [4.69, 9.17) is 0 Å². The maximum Gasteiger partial charge on any atom is 0.280 e. The predicted molar refractivity (Wildman–Crippen MR) is 122 cm³/mol. The molecule has 0 saturated heterocycles. The fraction of sp³-hybridized carbons (Fsp3) is 0.348. The fourth-order valence-corrected chi connectivity index (χ4v) is 3.60. The minimum atomic E-state index is -0.922. The summed E-state index contributed by atoms with van der Waals surface area (Å²) in [4.78, 5) is 33.0. The highest BCUT2D eigenvalue weighted by molar-refractivity contribution is 7.03. The Hall–Kier alpha value is -3.13. The normalized spacial score (nSPS) is 12.3. The van der Waals surface area contributed by atoms with Gasteiger partial charge in [-0.3, -0.25) is 19.5 Å². The molecule has 1 N–H and O–H groups in total. The Labute approximate surface area is 186 Å². The van der Waals surface area contributed by atoms with Crippen molar-refractivity contribution < 1.29 is 9.59 Å². The standard InChI is InChI=1S/C23H27N5O2S/c1-6-23(4,5)25-21(29)20(17-8-7-11-24-13-17)28(22(30)18-14-31-27-26-18)19-12-15(2)9-10-16(19)3/h7-14,20H,6H2,1-5H3,(H,25,29). The minimum Gasteiger partial charge on any atom is -0.349 e. The van der Waals surface area contributed by atoms with Gasteiger partial charge in [-0.1, -0.05) is 29.6 Å². The Morgan fingerprint density at radius 3 is 2.61 bits per heavy atom. The summed E-state index contributed by atoms with van der Waals surface area (Å²) in [6.07, 6.45) is 4.00. The molecule has 2 aromatic heterocycles. The van der Waals surface area contributed by atoms with Crippen LogP contribution in [0.1, 0.15) is 60.4 Å². The number of hydrogen-bond donors (Lipinski definition) is 1. The van der Waals surface area contributed by atoms with Crippen LogP contribution in [-0.4, -0.2) is 31.9 Å². The first-order valence-corrected chi connectivity index (χ1v) is 11.0. The number of pyridine rings is 1. The van der Waals surface area contributed by atoms with Crippen LogP contribution in [-0.2, 0) is 4.79 Å². The third-order valence-corrected chi connectivity index (χ3v) is 5.78. The van der Waals surface area contributed by atoms with Crippen LogP contribution in [0.25, 0.3) is 0 Å². The van der Waals surface area contributed by atoms with Crippen LogP contribution in [0, 0.1) is 13.8 Å². The van der Waals surface area contributed by atoms with Gasteiger partial charge in [0.25, 0.3) is 5.91 Å². The van der Waals surface area contributed by atoms with Gasteiger partial charge in [-0.15, -0.1) is 5.10 Å². The van der Waals surface area contributed by atoms with Crippen molar-refractivity contribution in [3.63, 3.8) is 0 Å². The number of aromatic nitrogens is 3. The summed E-state index contributed by atoms with van der Waals surface area (Å²) in [6.45, 7) is 9.80. The highest BCUT2D eigenvalue weighted by Gasteiger charge is 2.37. The first-order chi connectivity index (χ1) is 14.7. The molecule has 162 valence electrons. The van der Waals surface area contributed by atoms with Crippen molar-refractivity contribution in [1.82, 2.24) is 19.9 Å². The Kier molecular flexibility index (Phi) is 6.80. The van der Waals surface area contributed by atoms with E-state index in [9.17, 15) is 9.59 Å². The lowest BCUT2D eigenvalue weighted by Gasteiger charge is -2.35. The molecule has 2 heterocycles. The summed E-state index contributed by atoms with van der Waals surface area (Å²) in [6, 6.07) is 8.48. The van der Waals surface area contributed by atoms with Crippen LogP contribution in [0.5, 0.6) is 0 Å². The second-order valence-corrected chi connectivity index (χ2v) is 8.78. The van der Waals surface area contributed by atoms with Gasteiger partial charge in [0.05, 0.1) is 0 Å². The number of aryl methyl sites for hydroxylation is 2. The highest BCUT2D eigenvalue weighted by atomic mass is 32.1. The topological polar surface area (TPSA) is 88.1 Å². The van der Waals surface area contributed by atoms with E-state index in [1.54, 1.807) is 29.9 Å². The quantitative estimate of drug-likeness (QED) is 0.597. The molecule has 0 saturated carbocycles. The molecule has 0 fully saturated rings. The van der Waals surface area contributed by atoms with Gasteiger partial charge in [0.15, 0.2) is 5.69 Å². The zero-order chi connectivity index (χ0) is 22.6. The summed E-state index contributed by atoms with van der Waals surface area (Å²) < 4.78 is 3.84. The molecule has 7 nitrogen and oxygen atoms in total. The number of nitrogens with zero attached hydrogens (tertiary/aromatic N) is 4. The number of amides is 2. The summed E-state index contributed by atoms with van der Waals surface area (Å²) in [5, 5.41) is 8.66. The van der Waals surface area contributed by atoms with E-state index in [1.165, 1.54) is 4.90 Å². The largest absolute Gasteiger partial charge is 0.349 e. The summed E-state index contributed by atoms with van der Waals surface area (Å²) in [7, 11) is 0. The number of anilines is 1. The Morgan fingerprint density at radius 2 is 2.00 bits per heavy atom. The molecule has 3 rings (SSSR count). The summed E-state index contributed by atoms with van der Waals surface area (Å²) in [5.74, 6) is -0.668. The molecule has 0 aliphatic heterocycles. The first kappa shape index (κ1) is 22.6. The zero-order valence-electron chi connectivity index (χ0n) is 18.4. The highest BCUT2D eigenvalue weighted by Crippen LogP contribution is 2.33. The van der Waals surface area contributed by atoms with Crippen LogP contribution in [0.15, 0.2) is 48.1 Å². The minimum absolute atomic E-state index is 0.197. The van der Waals surface area contributed by atoms with Crippen molar-refractivity contribution >= 4 is 29.0 Å². The van der Waals surface area contributed by atoms with Crippen molar-refractivity contribution in [3.05, 3.63) is 70.5 Å². The summed E-state index contributed by atoms with van der Waals surface area (Å²) in [5.41, 5.74) is 2.88. The number of hydrogen-bond acceptors (Lipinski definition) is 6. The number of rotatable bonds is 7. The second kappa shape index (κ2) is 9.34. The number of benzene rings is 1. The maximum absolute atomic E-state index is 13.7. The molecule has 1 atom stereocenters. The zero-order valence-corrected chi connectivity index (χ0v) is 19.2. The van der Waals surface area contributed by atoms with Gasteiger partial charge in [-0.2, -0.15) is 0 Å². The molecular weight excluding hydrogens is 410 g/mol. The van der Waals surface area contributed by atoms with Gasteiger partial charge in [-0.25, -0.2) is 0 Å². The van der Waals surface area contributed by atoms with Crippen molar-refractivity contribution in [2.24, 2.45) is 0 Å². The lowest BCUT2D eigenvalue weighted by Crippen LogP contribution is -2.50. The number of carbonyl (C=O) groups excluding carboxylic acids is 2. The molecule has 31 heavy (non-hydrogen) atoms. The van der Waals surface area contributed by atoms with E-state index >= 15 is 0 Å². The molecule has 1 aromatic carbocycles. The van der Waals surface area contributed by atoms with Crippen LogP contribution < -0.4 is 10.2 Å². The van der Waals surface area contributed by atoms with Crippen molar-refractivity contribution in [2.45, 2.75) is 52.6 Å². The molecule has 2 amide bonds. The molecule has 8 heteroatoms. The van der Waals surface area contributed by atoms with Crippen molar-refractivity contribution in [2.75, 3.05) is 4.90 Å². The van der Waals surface area contributed by atoms with E-state index in [2.05, 4.69) is 19.9 Å². The smallest absolute Gasteiger partial charge is 0.280 e. The van der Waals surface area contributed by atoms with E-state index < -0.39 is 11.6 Å². The first-order valence-electron chi connectivity index (χ1n) is 10.1. The second-order valence-electron chi connectivity index (χ2n) is 8.17. The van der Waals surface area contributed by atoms with Crippen LogP contribution in [0.3, 0.4) is 0 Å². The predicted octanol–water partition coefficient (Wildman–Crippen LogP) is 4.24. The SMILES string of the molecule is CCC(C)(C)NC(=O)C(c1cccnc1)N(C(=O)c1csnn1)c1cc(C)ccc1C. The van der Waals surface area contributed by atoms with Gasteiger partial charge >= 0.3 is 0 Å². The Morgan fingerprint density at radius 1 is 1.23 bits per heavy atom. The van der Waals surface area contributed by atoms with Gasteiger partial charge in [0, 0.05) is 34.6 Å². The Bertz CT molecular complexity index is 1050. The molecule has 0 radical (unpaired) electrons. The van der Waals surface area contributed by atoms with Gasteiger partial charge in [0.1, 0.15) is 6.04 Å². The molecule has 0 aliphatic carbocycles. The maximum atomic E-state index is 13.7. The monoisotopic (exact) mass is 437 g/mol. The average Bonchev–Trinajstić information content (AvgIpc) is 3.28. The lowest BCUT2D eigenvalue weighted by molar-refractivity contribution is -0.124. The van der Waals surface area contributed by atoms with E-state index in [1.807, 2.05) is 52.8 Å². The number of nitrogens with one attached hydrogen (secondary N) is 1. The lowest BCUT2D eigenvalue weighted by atomic mass is 9.98. The third kappa shape index (κ3) is 5.14. The molecule has 0 spiro atoms. The van der Waals surface area contributed by atoms with Crippen LogP contribution in [0.2, 0.25) is 0 Å². The van der Waals surface area contributed by atoms with E-state index in [0.717, 1.165) is 29.1 Å². The van der Waals surface area contributed by atoms with Crippen molar-refractivity contribution in [1.29, 1.82) is 0 Å². The molecule has 0 aliphatic rings. The fourth-order valence-electron chi connectivity index (χ4n) is 3.17. The van der Waals surface area contributed by atoms with E-state index in [0.29, 0.717) is 11.3 Å². The van der Waals surface area contributed by atoms with Gasteiger partial charge in [-0.05, 0) is 68.9 Å². The van der Waals surface area contributed by atoms with Gasteiger partial charge < -0.3 is 5.32 Å². The van der Waals surface area contributed by atoms with E-state index in [-0.39, 0.29) is 17.5 Å². The molecule has 0 bridgehead atoms. The molecule has 3 aromatic rings. The Balaban J connectivity index is 2.20. The van der Waals surface area contributed by atoms with Crippen LogP contribution >= 0.6 is 11.5 Å².